The van der Waals surface area contributed by atoms with Gasteiger partial charge in [-0.2, -0.15) is 13.2 Å². The first-order valence-electron chi connectivity index (χ1n) is 6.22. The highest BCUT2D eigenvalue weighted by Crippen LogP contribution is 2.34. The standard InChI is InChI=1S/C15H14F3NO2/c16-15(17,18)14-5-4-13(7-11(14)8-19)21-12-3-1-2-10(6-12)9-20/h1-7,20H,8-9,19H2. The van der Waals surface area contributed by atoms with Crippen molar-refractivity contribution in [2.24, 2.45) is 5.73 Å². The second-order valence-corrected chi connectivity index (χ2v) is 4.43. The normalized spacial score (nSPS) is 11.5. The maximum atomic E-state index is 12.8. The molecule has 0 unspecified atom stereocenters. The fourth-order valence-corrected chi connectivity index (χ4v) is 1.92. The van der Waals surface area contributed by atoms with Gasteiger partial charge in [-0.3, -0.25) is 0 Å². The van der Waals surface area contributed by atoms with Crippen LogP contribution in [-0.2, 0) is 19.3 Å². The first-order valence-corrected chi connectivity index (χ1v) is 6.22. The second kappa shape index (κ2) is 6.15. The number of aliphatic hydroxyl groups is 1. The summed E-state index contributed by atoms with van der Waals surface area (Å²) in [5, 5.41) is 9.04. The molecule has 112 valence electrons. The third-order valence-electron chi connectivity index (χ3n) is 2.92. The number of aliphatic hydroxyl groups excluding tert-OH is 1. The molecule has 0 aromatic heterocycles. The maximum Gasteiger partial charge on any atom is 0.416 e. The zero-order valence-corrected chi connectivity index (χ0v) is 11.0. The van der Waals surface area contributed by atoms with Gasteiger partial charge in [0.25, 0.3) is 0 Å². The molecular formula is C15H14F3NO2. The van der Waals surface area contributed by atoms with Crippen molar-refractivity contribution < 1.29 is 23.0 Å². The zero-order chi connectivity index (χ0) is 15.5. The molecule has 0 radical (unpaired) electrons. The number of alkyl halides is 3. The number of benzene rings is 2. The smallest absolute Gasteiger partial charge is 0.416 e. The van der Waals surface area contributed by atoms with Crippen molar-refractivity contribution in [3.8, 4) is 11.5 Å². The van der Waals surface area contributed by atoms with E-state index in [1.807, 2.05) is 0 Å². The molecule has 0 aliphatic heterocycles. The molecular weight excluding hydrogens is 283 g/mol. The monoisotopic (exact) mass is 297 g/mol. The van der Waals surface area contributed by atoms with E-state index in [0.29, 0.717) is 11.3 Å². The highest BCUT2D eigenvalue weighted by Gasteiger charge is 2.33. The lowest BCUT2D eigenvalue weighted by atomic mass is 10.1. The Bertz CT molecular complexity index is 627. The summed E-state index contributed by atoms with van der Waals surface area (Å²) in [7, 11) is 0. The van der Waals surface area contributed by atoms with Crippen LogP contribution in [0.4, 0.5) is 13.2 Å². The average molecular weight is 297 g/mol. The van der Waals surface area contributed by atoms with E-state index >= 15 is 0 Å². The minimum Gasteiger partial charge on any atom is -0.457 e. The fraction of sp³-hybridized carbons (Fsp3) is 0.200. The molecule has 3 N–H and O–H groups in total. The van der Waals surface area contributed by atoms with Gasteiger partial charge in [-0.15, -0.1) is 0 Å². The average Bonchev–Trinajstić information content (AvgIpc) is 2.46. The summed E-state index contributed by atoms with van der Waals surface area (Å²) >= 11 is 0. The second-order valence-electron chi connectivity index (χ2n) is 4.43. The highest BCUT2D eigenvalue weighted by atomic mass is 19.4. The first-order chi connectivity index (χ1) is 9.94. The quantitative estimate of drug-likeness (QED) is 0.908. The van der Waals surface area contributed by atoms with Crippen LogP contribution >= 0.6 is 0 Å². The number of ether oxygens (including phenoxy) is 1. The van der Waals surface area contributed by atoms with Crippen molar-refractivity contribution in [1.29, 1.82) is 0 Å². The molecule has 6 heteroatoms. The van der Waals surface area contributed by atoms with E-state index in [0.717, 1.165) is 6.07 Å². The molecule has 0 bridgehead atoms. The fourth-order valence-electron chi connectivity index (χ4n) is 1.92. The summed E-state index contributed by atoms with van der Waals surface area (Å²) < 4.78 is 43.8. The Kier molecular flexibility index (Phi) is 4.50. The summed E-state index contributed by atoms with van der Waals surface area (Å²) in [6.45, 7) is -0.374. The Hall–Kier alpha value is -2.05. The summed E-state index contributed by atoms with van der Waals surface area (Å²) in [4.78, 5) is 0. The van der Waals surface area contributed by atoms with Gasteiger partial charge in [-0.05, 0) is 41.5 Å². The first kappa shape index (κ1) is 15.3. The number of hydrogen-bond acceptors (Lipinski definition) is 3. The van der Waals surface area contributed by atoms with E-state index in [2.05, 4.69) is 0 Å². The molecule has 0 saturated carbocycles. The van der Waals surface area contributed by atoms with Crippen LogP contribution in [-0.4, -0.2) is 5.11 Å². The zero-order valence-electron chi connectivity index (χ0n) is 11.0. The predicted molar refractivity (Wildman–Crippen MR) is 71.8 cm³/mol. The molecule has 0 aliphatic carbocycles. The van der Waals surface area contributed by atoms with Crippen LogP contribution in [0, 0.1) is 0 Å². The van der Waals surface area contributed by atoms with Crippen molar-refractivity contribution in [3.63, 3.8) is 0 Å². The van der Waals surface area contributed by atoms with Crippen LogP contribution in [0.5, 0.6) is 11.5 Å². The minimum absolute atomic E-state index is 0.0293. The number of nitrogens with two attached hydrogens (primary N) is 1. The summed E-state index contributed by atoms with van der Waals surface area (Å²) in [6, 6.07) is 10.1. The van der Waals surface area contributed by atoms with Gasteiger partial charge in [-0.25, -0.2) is 0 Å². The molecule has 0 saturated heterocycles. The SMILES string of the molecule is NCc1cc(Oc2cccc(CO)c2)ccc1C(F)(F)F. The molecule has 0 heterocycles. The maximum absolute atomic E-state index is 12.8. The van der Waals surface area contributed by atoms with Crippen LogP contribution in [0.3, 0.4) is 0 Å². The summed E-state index contributed by atoms with van der Waals surface area (Å²) in [5.41, 5.74) is 5.23. The van der Waals surface area contributed by atoms with E-state index in [1.54, 1.807) is 24.3 Å². The van der Waals surface area contributed by atoms with E-state index < -0.39 is 11.7 Å². The van der Waals surface area contributed by atoms with E-state index in [-0.39, 0.29) is 24.5 Å². The molecule has 0 amide bonds. The van der Waals surface area contributed by atoms with Gasteiger partial charge in [0.05, 0.1) is 12.2 Å². The van der Waals surface area contributed by atoms with Crippen molar-refractivity contribution in [2.45, 2.75) is 19.3 Å². The van der Waals surface area contributed by atoms with Gasteiger partial charge in [-0.1, -0.05) is 12.1 Å². The molecule has 3 nitrogen and oxygen atoms in total. The predicted octanol–water partition coefficient (Wildman–Crippen LogP) is 3.45. The Labute approximate surface area is 119 Å². The van der Waals surface area contributed by atoms with Crippen molar-refractivity contribution in [2.75, 3.05) is 0 Å². The van der Waals surface area contributed by atoms with Crippen molar-refractivity contribution >= 4 is 0 Å². The number of rotatable bonds is 4. The van der Waals surface area contributed by atoms with Gasteiger partial charge < -0.3 is 15.6 Å². The topological polar surface area (TPSA) is 55.5 Å². The van der Waals surface area contributed by atoms with Gasteiger partial charge in [0.15, 0.2) is 0 Å². The molecule has 0 spiro atoms. The summed E-state index contributed by atoms with van der Waals surface area (Å²) in [5.74, 6) is 0.697. The molecule has 0 fully saturated rings. The minimum atomic E-state index is -4.44. The van der Waals surface area contributed by atoms with Crippen LogP contribution < -0.4 is 10.5 Å². The summed E-state index contributed by atoms with van der Waals surface area (Å²) in [6.07, 6.45) is -4.44. The van der Waals surface area contributed by atoms with E-state index in [9.17, 15) is 13.2 Å². The van der Waals surface area contributed by atoms with Crippen LogP contribution in [0.15, 0.2) is 42.5 Å². The van der Waals surface area contributed by atoms with Gasteiger partial charge in [0.2, 0.25) is 0 Å². The lowest BCUT2D eigenvalue weighted by molar-refractivity contribution is -0.138. The van der Waals surface area contributed by atoms with E-state index in [4.69, 9.17) is 15.6 Å². The molecule has 0 atom stereocenters. The molecule has 21 heavy (non-hydrogen) atoms. The van der Waals surface area contributed by atoms with Crippen molar-refractivity contribution in [3.05, 3.63) is 59.2 Å². The largest absolute Gasteiger partial charge is 0.457 e. The van der Waals surface area contributed by atoms with Crippen LogP contribution in [0.25, 0.3) is 0 Å². The number of hydrogen-bond donors (Lipinski definition) is 2. The molecule has 2 aromatic rings. The Morgan fingerprint density at radius 2 is 1.76 bits per heavy atom. The van der Waals surface area contributed by atoms with Gasteiger partial charge in [0.1, 0.15) is 11.5 Å². The van der Waals surface area contributed by atoms with E-state index in [1.165, 1.54) is 12.1 Å². The Morgan fingerprint density at radius 1 is 1.05 bits per heavy atom. The Balaban J connectivity index is 2.29. The lowest BCUT2D eigenvalue weighted by Gasteiger charge is -2.14. The highest BCUT2D eigenvalue weighted by molar-refractivity contribution is 5.40. The molecule has 0 aliphatic rings. The van der Waals surface area contributed by atoms with Crippen molar-refractivity contribution in [1.82, 2.24) is 0 Å². The molecule has 2 aromatic carbocycles. The third-order valence-corrected chi connectivity index (χ3v) is 2.92. The molecule has 2 rings (SSSR count). The van der Waals surface area contributed by atoms with Gasteiger partial charge >= 0.3 is 6.18 Å². The Morgan fingerprint density at radius 3 is 2.38 bits per heavy atom. The third kappa shape index (κ3) is 3.74. The van der Waals surface area contributed by atoms with Gasteiger partial charge in [0, 0.05) is 6.54 Å². The number of halogens is 3. The van der Waals surface area contributed by atoms with Crippen LogP contribution in [0.2, 0.25) is 0 Å². The van der Waals surface area contributed by atoms with Crippen LogP contribution in [0.1, 0.15) is 16.7 Å². The lowest BCUT2D eigenvalue weighted by Crippen LogP contribution is -2.11.